The summed E-state index contributed by atoms with van der Waals surface area (Å²) in [5, 5.41) is 0. The van der Waals surface area contributed by atoms with E-state index in [-0.39, 0.29) is 11.7 Å². The lowest BCUT2D eigenvalue weighted by molar-refractivity contribution is 0.513. The molecule has 1 atom stereocenters. The van der Waals surface area contributed by atoms with Crippen molar-refractivity contribution in [2.24, 2.45) is 5.73 Å². The van der Waals surface area contributed by atoms with Gasteiger partial charge in [0.2, 0.25) is 0 Å². The molecule has 13 heavy (non-hydrogen) atoms. The molecule has 0 radical (unpaired) electrons. The number of rotatable bonds is 2. The van der Waals surface area contributed by atoms with E-state index in [1.807, 2.05) is 26.8 Å². The highest BCUT2D eigenvalue weighted by Crippen LogP contribution is 2.04. The van der Waals surface area contributed by atoms with Crippen LogP contribution in [0.5, 0.6) is 0 Å². The molecule has 0 aliphatic carbocycles. The summed E-state index contributed by atoms with van der Waals surface area (Å²) in [4.78, 5) is 15.3. The van der Waals surface area contributed by atoms with Crippen LogP contribution in [-0.2, 0) is 0 Å². The molecule has 2 N–H and O–H groups in total. The lowest BCUT2D eigenvalue weighted by Gasteiger charge is -2.15. The third-order valence-corrected chi connectivity index (χ3v) is 2.06. The van der Waals surface area contributed by atoms with E-state index in [0.29, 0.717) is 6.54 Å². The van der Waals surface area contributed by atoms with Crippen molar-refractivity contribution in [3.05, 3.63) is 27.9 Å². The smallest absolute Gasteiger partial charge is 0.328 e. The van der Waals surface area contributed by atoms with E-state index in [4.69, 9.17) is 5.73 Å². The van der Waals surface area contributed by atoms with Crippen molar-refractivity contribution in [1.82, 2.24) is 9.55 Å². The number of hydrogen-bond donors (Lipinski definition) is 1. The van der Waals surface area contributed by atoms with Gasteiger partial charge in [-0.1, -0.05) is 0 Å². The second kappa shape index (κ2) is 3.70. The van der Waals surface area contributed by atoms with E-state index in [2.05, 4.69) is 4.98 Å². The molecule has 4 nitrogen and oxygen atoms in total. The highest BCUT2D eigenvalue weighted by atomic mass is 16.1. The van der Waals surface area contributed by atoms with Gasteiger partial charge in [-0.05, 0) is 26.8 Å². The van der Waals surface area contributed by atoms with E-state index in [9.17, 15) is 4.79 Å². The van der Waals surface area contributed by atoms with Crippen LogP contribution in [0, 0.1) is 13.8 Å². The summed E-state index contributed by atoms with van der Waals surface area (Å²) in [6.45, 7) is 6.06. The molecule has 72 valence electrons. The number of aromatic nitrogens is 2. The molecule has 0 fully saturated rings. The zero-order valence-corrected chi connectivity index (χ0v) is 8.24. The minimum absolute atomic E-state index is 0.0144. The van der Waals surface area contributed by atoms with Crippen molar-refractivity contribution in [2.45, 2.75) is 26.8 Å². The van der Waals surface area contributed by atoms with Gasteiger partial charge < -0.3 is 5.73 Å². The molecule has 0 bridgehead atoms. The molecule has 4 heteroatoms. The summed E-state index contributed by atoms with van der Waals surface area (Å²) in [7, 11) is 0. The predicted octanol–water partition coefficient (Wildman–Crippen LogP) is 0.380. The minimum atomic E-state index is -0.213. The van der Waals surface area contributed by atoms with Crippen LogP contribution in [0.15, 0.2) is 10.9 Å². The third kappa shape index (κ3) is 1.95. The van der Waals surface area contributed by atoms with Crippen LogP contribution in [0.3, 0.4) is 0 Å². The van der Waals surface area contributed by atoms with Gasteiger partial charge in [-0.3, -0.25) is 4.57 Å². The van der Waals surface area contributed by atoms with Crippen molar-refractivity contribution in [3.8, 4) is 0 Å². The Kier molecular flexibility index (Phi) is 2.83. The van der Waals surface area contributed by atoms with Crippen LogP contribution in [0.4, 0.5) is 0 Å². The van der Waals surface area contributed by atoms with E-state index in [0.717, 1.165) is 11.4 Å². The Morgan fingerprint density at radius 2 is 2.23 bits per heavy atom. The number of aryl methyl sites for hydroxylation is 2. The molecular weight excluding hydrogens is 166 g/mol. The van der Waals surface area contributed by atoms with Crippen molar-refractivity contribution >= 4 is 0 Å². The van der Waals surface area contributed by atoms with Gasteiger partial charge in [0.1, 0.15) is 0 Å². The molecule has 0 saturated heterocycles. The summed E-state index contributed by atoms with van der Waals surface area (Å²) in [6, 6.07) is 1.90. The summed E-state index contributed by atoms with van der Waals surface area (Å²) in [5.41, 5.74) is 6.95. The summed E-state index contributed by atoms with van der Waals surface area (Å²) in [5.74, 6) is 0. The molecule has 0 aliphatic rings. The highest BCUT2D eigenvalue weighted by Gasteiger charge is 2.08. The molecule has 0 spiro atoms. The van der Waals surface area contributed by atoms with E-state index >= 15 is 0 Å². The molecule has 1 rings (SSSR count). The lowest BCUT2D eigenvalue weighted by Crippen LogP contribution is -2.31. The Hall–Kier alpha value is -1.16. The van der Waals surface area contributed by atoms with Gasteiger partial charge in [0, 0.05) is 24.0 Å². The van der Waals surface area contributed by atoms with Gasteiger partial charge in [0.25, 0.3) is 0 Å². The quantitative estimate of drug-likeness (QED) is 0.717. The van der Waals surface area contributed by atoms with Gasteiger partial charge in [0.05, 0.1) is 0 Å². The summed E-state index contributed by atoms with van der Waals surface area (Å²) in [6.07, 6.45) is 0. The van der Waals surface area contributed by atoms with Gasteiger partial charge in [-0.2, -0.15) is 4.98 Å². The number of nitrogens with two attached hydrogens (primary N) is 1. The standard InChI is InChI=1S/C9H15N3O/c1-6-4-7(2)12(8(3)5-10)9(13)11-6/h4,8H,5,10H2,1-3H3. The number of hydrogen-bond acceptors (Lipinski definition) is 3. The maximum atomic E-state index is 11.5. The monoisotopic (exact) mass is 181 g/mol. The normalized spacial score (nSPS) is 12.9. The lowest BCUT2D eigenvalue weighted by atomic mass is 10.3. The van der Waals surface area contributed by atoms with Crippen LogP contribution in [0.2, 0.25) is 0 Å². The zero-order chi connectivity index (χ0) is 10.0. The van der Waals surface area contributed by atoms with E-state index in [1.54, 1.807) is 4.57 Å². The molecule has 1 heterocycles. The average molecular weight is 181 g/mol. The first-order valence-corrected chi connectivity index (χ1v) is 4.33. The number of nitrogens with zero attached hydrogens (tertiary/aromatic N) is 2. The summed E-state index contributed by atoms with van der Waals surface area (Å²) < 4.78 is 1.62. The zero-order valence-electron chi connectivity index (χ0n) is 8.24. The Balaban J connectivity index is 3.29. The largest absolute Gasteiger partial charge is 0.348 e. The van der Waals surface area contributed by atoms with Crippen LogP contribution >= 0.6 is 0 Å². The highest BCUT2D eigenvalue weighted by molar-refractivity contribution is 5.07. The fourth-order valence-electron chi connectivity index (χ4n) is 1.40. The molecular formula is C9H15N3O. The van der Waals surface area contributed by atoms with E-state index in [1.165, 1.54) is 0 Å². The molecule has 1 unspecified atom stereocenters. The van der Waals surface area contributed by atoms with Crippen LogP contribution in [-0.4, -0.2) is 16.1 Å². The Morgan fingerprint density at radius 3 is 2.69 bits per heavy atom. The van der Waals surface area contributed by atoms with Gasteiger partial charge in [-0.25, -0.2) is 4.79 Å². The topological polar surface area (TPSA) is 60.9 Å². The average Bonchev–Trinajstić information content (AvgIpc) is 2.02. The fraction of sp³-hybridized carbons (Fsp3) is 0.556. The fourth-order valence-corrected chi connectivity index (χ4v) is 1.40. The molecule has 1 aromatic heterocycles. The van der Waals surface area contributed by atoms with Gasteiger partial charge >= 0.3 is 5.69 Å². The van der Waals surface area contributed by atoms with Crippen LogP contribution < -0.4 is 11.4 Å². The molecule has 0 amide bonds. The van der Waals surface area contributed by atoms with Gasteiger partial charge in [0.15, 0.2) is 0 Å². The molecule has 0 saturated carbocycles. The van der Waals surface area contributed by atoms with Crippen molar-refractivity contribution in [3.63, 3.8) is 0 Å². The second-order valence-corrected chi connectivity index (χ2v) is 3.28. The van der Waals surface area contributed by atoms with Crippen LogP contribution in [0.1, 0.15) is 24.4 Å². The van der Waals surface area contributed by atoms with Crippen molar-refractivity contribution in [2.75, 3.05) is 6.54 Å². The van der Waals surface area contributed by atoms with E-state index < -0.39 is 0 Å². The molecule has 0 aromatic carbocycles. The van der Waals surface area contributed by atoms with Crippen molar-refractivity contribution in [1.29, 1.82) is 0 Å². The maximum Gasteiger partial charge on any atom is 0.348 e. The van der Waals surface area contributed by atoms with Crippen LogP contribution in [0.25, 0.3) is 0 Å². The Bertz CT molecular complexity index is 356. The minimum Gasteiger partial charge on any atom is -0.328 e. The second-order valence-electron chi connectivity index (χ2n) is 3.28. The SMILES string of the molecule is Cc1cc(C)n(C(C)CN)c(=O)n1. The molecule has 1 aromatic rings. The van der Waals surface area contributed by atoms with Crippen molar-refractivity contribution < 1.29 is 0 Å². The molecule has 0 aliphatic heterocycles. The van der Waals surface area contributed by atoms with Gasteiger partial charge in [-0.15, -0.1) is 0 Å². The predicted molar refractivity (Wildman–Crippen MR) is 51.7 cm³/mol. The first kappa shape index (κ1) is 9.92. The first-order valence-electron chi connectivity index (χ1n) is 4.33. The Morgan fingerprint density at radius 1 is 1.62 bits per heavy atom. The first-order chi connectivity index (χ1) is 6.06. The Labute approximate surface area is 77.4 Å². The third-order valence-electron chi connectivity index (χ3n) is 2.06. The maximum absolute atomic E-state index is 11.5. The summed E-state index contributed by atoms with van der Waals surface area (Å²) >= 11 is 0.